The highest BCUT2D eigenvalue weighted by Crippen LogP contribution is 2.02. The fourth-order valence-electron chi connectivity index (χ4n) is 1.41. The van der Waals surface area contributed by atoms with Gasteiger partial charge >= 0.3 is 6.09 Å². The first kappa shape index (κ1) is 11.0. The lowest BCUT2D eigenvalue weighted by Gasteiger charge is -2.18. The summed E-state index contributed by atoms with van der Waals surface area (Å²) in [5, 5.41) is 3.32. The van der Waals surface area contributed by atoms with Gasteiger partial charge in [-0.2, -0.15) is 0 Å². The van der Waals surface area contributed by atoms with Gasteiger partial charge in [-0.3, -0.25) is 0 Å². The number of nitrogens with zero attached hydrogens (tertiary/aromatic N) is 1. The molecule has 1 heterocycles. The minimum Gasteiger partial charge on any atom is -0.445 e. The molecular weight excluding hydrogens is 180 g/mol. The molecule has 1 N–H and O–H groups in total. The molecule has 14 heavy (non-hydrogen) atoms. The summed E-state index contributed by atoms with van der Waals surface area (Å²) in [6, 6.07) is 0.479. The van der Waals surface area contributed by atoms with E-state index in [0.717, 1.165) is 26.1 Å². The van der Waals surface area contributed by atoms with Crippen LogP contribution in [0.2, 0.25) is 0 Å². The van der Waals surface area contributed by atoms with E-state index in [1.165, 1.54) is 0 Å². The summed E-state index contributed by atoms with van der Waals surface area (Å²) in [6.07, 6.45) is 2.32. The highest BCUT2D eigenvalue weighted by molar-refractivity contribution is 5.67. The van der Waals surface area contributed by atoms with E-state index >= 15 is 0 Å². The van der Waals surface area contributed by atoms with Crippen molar-refractivity contribution >= 4 is 6.09 Å². The van der Waals surface area contributed by atoms with Crippen LogP contribution in [0.15, 0.2) is 12.7 Å². The normalized spacial score (nSPS) is 22.6. The highest BCUT2D eigenvalue weighted by Gasteiger charge is 2.18. The molecule has 4 heteroatoms. The van der Waals surface area contributed by atoms with Gasteiger partial charge < -0.3 is 15.0 Å². The molecule has 0 aromatic heterocycles. The Morgan fingerprint density at radius 1 is 1.71 bits per heavy atom. The number of rotatable bonds is 2. The third-order valence-corrected chi connectivity index (χ3v) is 2.29. The quantitative estimate of drug-likeness (QED) is 0.673. The largest absolute Gasteiger partial charge is 0.445 e. The number of ether oxygens (including phenoxy) is 1. The summed E-state index contributed by atoms with van der Waals surface area (Å²) in [7, 11) is 0. The van der Waals surface area contributed by atoms with Gasteiger partial charge in [0.1, 0.15) is 6.61 Å². The SMILES string of the molecule is C=CCOC(=O)N1CCNC(C)CC1. The van der Waals surface area contributed by atoms with Crippen molar-refractivity contribution in [1.82, 2.24) is 10.2 Å². The van der Waals surface area contributed by atoms with Crippen LogP contribution < -0.4 is 5.32 Å². The van der Waals surface area contributed by atoms with Gasteiger partial charge in [-0.15, -0.1) is 0 Å². The van der Waals surface area contributed by atoms with Gasteiger partial charge in [-0.25, -0.2) is 4.79 Å². The van der Waals surface area contributed by atoms with Crippen LogP contribution in [0.1, 0.15) is 13.3 Å². The number of amides is 1. The van der Waals surface area contributed by atoms with Crippen LogP contribution >= 0.6 is 0 Å². The first-order valence-electron chi connectivity index (χ1n) is 5.00. The standard InChI is InChI=1S/C10H18N2O2/c1-3-8-14-10(13)12-6-4-9(2)11-5-7-12/h3,9,11H,1,4-8H2,2H3. The lowest BCUT2D eigenvalue weighted by Crippen LogP contribution is -2.34. The topological polar surface area (TPSA) is 41.6 Å². The van der Waals surface area contributed by atoms with Crippen molar-refractivity contribution in [2.45, 2.75) is 19.4 Å². The van der Waals surface area contributed by atoms with E-state index in [1.807, 2.05) is 0 Å². The zero-order valence-corrected chi connectivity index (χ0v) is 8.66. The number of carbonyl (C=O) groups excluding carboxylic acids is 1. The predicted octanol–water partition coefficient (Wildman–Crippen LogP) is 0.993. The molecule has 1 unspecified atom stereocenters. The van der Waals surface area contributed by atoms with Crippen molar-refractivity contribution in [3.05, 3.63) is 12.7 Å². The van der Waals surface area contributed by atoms with Crippen LogP contribution in [0, 0.1) is 0 Å². The summed E-state index contributed by atoms with van der Waals surface area (Å²) >= 11 is 0. The minimum atomic E-state index is -0.235. The average molecular weight is 198 g/mol. The molecule has 1 fully saturated rings. The summed E-state index contributed by atoms with van der Waals surface area (Å²) < 4.78 is 4.96. The smallest absolute Gasteiger partial charge is 0.410 e. The molecule has 0 aliphatic carbocycles. The van der Waals surface area contributed by atoms with E-state index in [4.69, 9.17) is 4.74 Å². The van der Waals surface area contributed by atoms with Crippen LogP contribution in [-0.4, -0.2) is 43.3 Å². The maximum atomic E-state index is 11.4. The molecule has 1 rings (SSSR count). The maximum Gasteiger partial charge on any atom is 0.410 e. The van der Waals surface area contributed by atoms with Crippen molar-refractivity contribution in [2.24, 2.45) is 0 Å². The molecule has 0 saturated carbocycles. The van der Waals surface area contributed by atoms with Gasteiger partial charge in [0.05, 0.1) is 0 Å². The fourth-order valence-corrected chi connectivity index (χ4v) is 1.41. The minimum absolute atomic E-state index is 0.235. The van der Waals surface area contributed by atoms with Crippen LogP contribution in [0.25, 0.3) is 0 Å². The molecule has 1 amide bonds. The molecule has 0 aromatic rings. The third-order valence-electron chi connectivity index (χ3n) is 2.29. The summed E-state index contributed by atoms with van der Waals surface area (Å²) in [6.45, 7) is 8.24. The van der Waals surface area contributed by atoms with E-state index in [-0.39, 0.29) is 12.7 Å². The number of nitrogens with one attached hydrogen (secondary N) is 1. The van der Waals surface area contributed by atoms with E-state index in [2.05, 4.69) is 18.8 Å². The van der Waals surface area contributed by atoms with Gasteiger partial charge in [-0.05, 0) is 13.3 Å². The van der Waals surface area contributed by atoms with Gasteiger partial charge in [0.2, 0.25) is 0 Å². The van der Waals surface area contributed by atoms with E-state index in [0.29, 0.717) is 6.04 Å². The Hall–Kier alpha value is -1.03. The molecule has 0 radical (unpaired) electrons. The molecule has 4 nitrogen and oxygen atoms in total. The zero-order chi connectivity index (χ0) is 10.4. The maximum absolute atomic E-state index is 11.4. The molecule has 1 saturated heterocycles. The van der Waals surface area contributed by atoms with Crippen LogP contribution in [0.5, 0.6) is 0 Å². The predicted molar refractivity (Wildman–Crippen MR) is 55.2 cm³/mol. The Bertz CT molecular complexity index is 206. The number of carbonyl (C=O) groups is 1. The lowest BCUT2D eigenvalue weighted by atomic mass is 10.2. The van der Waals surface area contributed by atoms with E-state index < -0.39 is 0 Å². The monoisotopic (exact) mass is 198 g/mol. The molecule has 0 bridgehead atoms. The Morgan fingerprint density at radius 2 is 2.50 bits per heavy atom. The van der Waals surface area contributed by atoms with Crippen LogP contribution in [0.4, 0.5) is 4.79 Å². The van der Waals surface area contributed by atoms with Crippen LogP contribution in [-0.2, 0) is 4.74 Å². The molecule has 0 aromatic carbocycles. The van der Waals surface area contributed by atoms with Crippen molar-refractivity contribution in [3.8, 4) is 0 Å². The molecule has 1 atom stereocenters. The average Bonchev–Trinajstić information content (AvgIpc) is 2.39. The van der Waals surface area contributed by atoms with Crippen molar-refractivity contribution in [3.63, 3.8) is 0 Å². The first-order chi connectivity index (χ1) is 6.74. The molecule has 80 valence electrons. The van der Waals surface area contributed by atoms with Gasteiger partial charge in [-0.1, -0.05) is 12.7 Å². The van der Waals surface area contributed by atoms with Crippen LogP contribution in [0.3, 0.4) is 0 Å². The van der Waals surface area contributed by atoms with Crippen molar-refractivity contribution in [1.29, 1.82) is 0 Å². The lowest BCUT2D eigenvalue weighted by molar-refractivity contribution is 0.115. The van der Waals surface area contributed by atoms with Crippen molar-refractivity contribution in [2.75, 3.05) is 26.2 Å². The van der Waals surface area contributed by atoms with E-state index in [9.17, 15) is 4.79 Å². The number of hydrogen-bond acceptors (Lipinski definition) is 3. The zero-order valence-electron chi connectivity index (χ0n) is 8.66. The molecular formula is C10H18N2O2. The van der Waals surface area contributed by atoms with Gasteiger partial charge in [0, 0.05) is 25.7 Å². The summed E-state index contributed by atoms with van der Waals surface area (Å²) in [5.41, 5.74) is 0. The first-order valence-corrected chi connectivity index (χ1v) is 5.00. The Morgan fingerprint density at radius 3 is 3.21 bits per heavy atom. The molecule has 1 aliphatic heterocycles. The van der Waals surface area contributed by atoms with Gasteiger partial charge in [0.15, 0.2) is 0 Å². The number of hydrogen-bond donors (Lipinski definition) is 1. The van der Waals surface area contributed by atoms with Crippen molar-refractivity contribution < 1.29 is 9.53 Å². The second-order valence-corrected chi connectivity index (χ2v) is 3.50. The Kier molecular flexibility index (Phi) is 4.46. The highest BCUT2D eigenvalue weighted by atomic mass is 16.6. The summed E-state index contributed by atoms with van der Waals surface area (Å²) in [4.78, 5) is 13.2. The molecule has 1 aliphatic rings. The van der Waals surface area contributed by atoms with E-state index in [1.54, 1.807) is 11.0 Å². The Balaban J connectivity index is 2.35. The third kappa shape index (κ3) is 3.38. The van der Waals surface area contributed by atoms with Gasteiger partial charge in [0.25, 0.3) is 0 Å². The second kappa shape index (κ2) is 5.65. The second-order valence-electron chi connectivity index (χ2n) is 3.50. The Labute approximate surface area is 84.9 Å². The fraction of sp³-hybridized carbons (Fsp3) is 0.700. The molecule has 0 spiro atoms. The summed E-state index contributed by atoms with van der Waals surface area (Å²) in [5.74, 6) is 0.